The Hall–Kier alpha value is -7.01. The Morgan fingerprint density at radius 3 is 1.36 bits per heavy atom. The van der Waals surface area contributed by atoms with Crippen LogP contribution in [0.3, 0.4) is 0 Å². The number of rotatable bonds is 32. The van der Waals surface area contributed by atoms with Gasteiger partial charge in [0.15, 0.2) is 24.9 Å². The predicted octanol–water partition coefficient (Wildman–Crippen LogP) is 9.33. The van der Waals surface area contributed by atoms with Crippen LogP contribution in [0.1, 0.15) is 128 Å². The third-order valence-electron chi connectivity index (χ3n) is 22.0. The molecule has 0 bridgehead atoms. The molecule has 2 aromatic heterocycles. The molecule has 0 spiro atoms. The maximum Gasteiger partial charge on any atom is 0.516 e. The molecule has 7 aliphatic rings. The molecule has 126 heavy (non-hydrogen) atoms. The molecular weight excluding hydrogens is 1820 g/mol. The number of carbonyl (C=O) groups excluding carboxylic acids is 2. The van der Waals surface area contributed by atoms with E-state index in [1.54, 1.807) is 76.6 Å². The number of nitrogens with zero attached hydrogens (tertiary/aromatic N) is 10. The lowest BCUT2D eigenvalue weighted by Gasteiger charge is -2.32. The fourth-order valence-corrected chi connectivity index (χ4v) is 20.0. The summed E-state index contributed by atoms with van der Waals surface area (Å²) in [6.45, 7) is 26.1. The van der Waals surface area contributed by atoms with Crippen LogP contribution in [0.5, 0.6) is 0 Å². The summed E-state index contributed by atoms with van der Waals surface area (Å²) in [4.78, 5) is 65.1. The summed E-state index contributed by atoms with van der Waals surface area (Å²) in [7, 11) is 0. The van der Waals surface area contributed by atoms with Crippen LogP contribution < -0.4 is 34.2 Å². The van der Waals surface area contributed by atoms with Crippen LogP contribution >= 0.6 is 59.4 Å². The highest BCUT2D eigenvalue weighted by Gasteiger charge is 2.49. The number of unbranched alkanes of at least 4 members (excludes halogenated alkanes) is 2. The quantitative estimate of drug-likeness (QED) is 0.00540. The predicted molar refractivity (Wildman–Crippen MR) is 520 cm³/mol. The van der Waals surface area contributed by atoms with Gasteiger partial charge in [-0.25, -0.2) is 14.8 Å². The van der Waals surface area contributed by atoms with E-state index in [0.29, 0.717) is 99.0 Å². The molecule has 8 heterocycles. The van der Waals surface area contributed by atoms with Crippen molar-refractivity contribution in [2.24, 2.45) is 43.3 Å². The zero-order valence-electron chi connectivity index (χ0n) is 73.8. The van der Waals surface area contributed by atoms with Gasteiger partial charge in [-0.3, -0.25) is 28.7 Å². The number of nitrogen functional groups attached to an aromatic ring is 2. The van der Waals surface area contributed by atoms with Gasteiger partial charge < -0.3 is 102 Å². The molecule has 6 aliphatic heterocycles. The number of benzene rings is 2. The van der Waals surface area contributed by atoms with E-state index in [2.05, 4.69) is 177 Å². The standard InChI is InChI=1S/C35H45N4O7P.C20H35N4O5P.C17H25BrN3O2P.C16H27BrN3O3P.CH4/c1-22(33(42)46-35(43)44-21-27-25-14-7-5-12-23(25)24-13-6-8-15-26(24)27)11-9-10-18-37-34-38-29(36)16-19-39(34)32-31(41)30(40)28(45-32)17-20-47(2,3)4;1-13(19(27)28)7-5-6-10-22-20-23-15(21)8-11-24(20)18-17(26)16(25)14(29-18)9-12-30(2,3)4;1-6-7-12-10-21(11(2)20-16(12)19)17-14(18)15(22)13(23-17)8-9-24(3,4)5;1-10-19-15(18)11(5-7-21)9-20(10)16-13(17)14(22)12(23-16)6-8-24(2,3)4;/h5-8,12-16,19,22,27-28,30-32,40-41H,2,9-11,17-18,20-21H2,1,3-4H3,(H2,36,37,38);8,11,13-14,16-18,25-26H,2,5-7,9-10,12H2,1,3-4H3,(H,27,28)(H2,21,22,23);10,13-15,17,22H,2-3,8-9H2,1,4-5H3,(H2,19,20);9,12-14,16,21-22H,1-2,5-8H2,3-4H3,(H2,18,19);1H4/t22?,28-,30-,31?,32-;13?,14-,16-,17?,18-;13-,14?,15-,17-;12-,13?,14-,16-;/m1111./s1. The number of anilines is 2. The number of aliphatic carboxylic acids is 1. The number of halogens is 2. The number of aromatic nitrogens is 4. The van der Waals surface area contributed by atoms with Crippen molar-refractivity contribution in [1.82, 2.24) is 28.9 Å². The zero-order chi connectivity index (χ0) is 92.3. The SMILES string of the molecule is C.C=C1N=C(N)C(C#CC)=CN1[C@@H]1O[C@H](CCP(=C)(C)C)[C@@H](O)C1Br.C=C1N=C(N)C(CCO)=CN1[C@@H]1O[C@H](CCP(=C)(C)C)[C@@H](O)C1Br.C=P(C)(C)CC[C@H]1O[C@@H](n2ccc(N)nc2=NCCCCC(C)C(=O)O)C(O)[C@@H]1O.C=P(C)(C)CC[C@H]1O[C@@H](n2ccc(N)nc2=NCCCCC(C)C(=O)OC(=O)OCC2c3ccccc3-c3ccccc32)C(O)[C@@H]1O. The molecule has 1 aliphatic carbocycles. The largest absolute Gasteiger partial charge is 0.516 e. The first kappa shape index (κ1) is 106. The number of amidine groups is 2. The van der Waals surface area contributed by atoms with Gasteiger partial charge in [0, 0.05) is 62.4 Å². The van der Waals surface area contributed by atoms with Gasteiger partial charge in [-0.05, 0) is 171 Å². The maximum absolute atomic E-state index is 12.6. The molecule has 698 valence electrons. The monoisotopic (exact) mass is 1950 g/mol. The fourth-order valence-electron chi connectivity index (χ4n) is 14.8. The minimum atomic E-state index is -1.32. The molecule has 4 saturated heterocycles. The van der Waals surface area contributed by atoms with Crippen molar-refractivity contribution in [3.8, 4) is 23.0 Å². The lowest BCUT2D eigenvalue weighted by atomic mass is 9.98. The molecule has 31 nitrogen and oxygen atoms in total. The molecule has 0 radical (unpaired) electrons. The van der Waals surface area contributed by atoms with Crippen LogP contribution in [0.25, 0.3) is 11.1 Å². The van der Waals surface area contributed by atoms with E-state index in [0.717, 1.165) is 71.7 Å². The van der Waals surface area contributed by atoms with Crippen LogP contribution in [0.15, 0.2) is 141 Å². The normalized spacial score (nSPS) is 26.1. The Labute approximate surface area is 759 Å². The van der Waals surface area contributed by atoms with E-state index >= 15 is 0 Å². The van der Waals surface area contributed by atoms with Crippen molar-refractivity contribution in [1.29, 1.82) is 0 Å². The minimum Gasteiger partial charge on any atom is -0.481 e. The van der Waals surface area contributed by atoms with Gasteiger partial charge in [-0.1, -0.05) is 134 Å². The second-order valence-electron chi connectivity index (χ2n) is 35.3. The van der Waals surface area contributed by atoms with Crippen LogP contribution in [0, 0.1) is 23.7 Å². The highest BCUT2D eigenvalue weighted by molar-refractivity contribution is 9.09. The Kier molecular flexibility index (Phi) is 40.1. The van der Waals surface area contributed by atoms with Crippen molar-refractivity contribution >= 4 is 126 Å². The molecule has 16 N–H and O–H groups in total. The van der Waals surface area contributed by atoms with E-state index in [4.69, 9.17) is 61.6 Å². The Morgan fingerprint density at radius 1 is 0.563 bits per heavy atom. The Morgan fingerprint density at radius 2 is 0.952 bits per heavy atom. The molecule has 37 heteroatoms. The first-order valence-electron chi connectivity index (χ1n) is 42.0. The third-order valence-corrected chi connectivity index (χ3v) is 29.9. The number of hydrogen-bond donors (Lipinski definition) is 12. The van der Waals surface area contributed by atoms with Gasteiger partial charge in [0.2, 0.25) is 11.2 Å². The number of aliphatic imine (C=N–C) groups is 2. The van der Waals surface area contributed by atoms with Crippen molar-refractivity contribution in [2.75, 3.05) is 116 Å². The van der Waals surface area contributed by atoms with Gasteiger partial charge in [0.25, 0.3) is 0 Å². The highest BCUT2D eigenvalue weighted by atomic mass is 79.9. The number of aliphatic hydroxyl groups excluding tert-OH is 7. The molecule has 0 saturated carbocycles. The summed E-state index contributed by atoms with van der Waals surface area (Å²) < 4.78 is 37.8. The lowest BCUT2D eigenvalue weighted by Crippen LogP contribution is -2.40. The molecule has 11 rings (SSSR count). The number of alkyl halides is 2. The smallest absolute Gasteiger partial charge is 0.481 e. The number of fused-ring (bicyclic) bond motifs is 3. The molecule has 6 unspecified atom stereocenters. The van der Waals surface area contributed by atoms with E-state index in [1.165, 1.54) is 0 Å². The Bertz CT molecular complexity index is 4950. The molecule has 0 amide bonds. The summed E-state index contributed by atoms with van der Waals surface area (Å²) in [6, 6.07) is 19.2. The highest BCUT2D eigenvalue weighted by Crippen LogP contribution is 2.47. The number of hydrogen-bond acceptors (Lipinski definition) is 28. The average Bonchev–Trinajstić information content (AvgIpc) is 1.62. The van der Waals surface area contributed by atoms with Crippen molar-refractivity contribution in [2.45, 2.75) is 200 Å². The van der Waals surface area contributed by atoms with Crippen molar-refractivity contribution in [3.63, 3.8) is 0 Å². The zero-order valence-corrected chi connectivity index (χ0v) is 80.6. The number of aliphatic hydroxyl groups is 7. The number of carbonyl (C=O) groups is 3. The number of carboxylic acid groups (broad SMARTS) is 1. The summed E-state index contributed by atoms with van der Waals surface area (Å²) in [5.41, 5.74) is 29.8. The van der Waals surface area contributed by atoms with Crippen LogP contribution in [-0.4, -0.2) is 312 Å². The molecule has 2 aromatic carbocycles. The van der Waals surface area contributed by atoms with Gasteiger partial charge in [-0.2, -0.15) is 9.97 Å². The van der Waals surface area contributed by atoms with E-state index in [-0.39, 0.29) is 71.6 Å². The van der Waals surface area contributed by atoms with Gasteiger partial charge >= 0.3 is 18.1 Å². The maximum atomic E-state index is 12.6. The summed E-state index contributed by atoms with van der Waals surface area (Å²) in [6.07, 6.45) is 23.7. The summed E-state index contributed by atoms with van der Waals surface area (Å²) >= 11 is 7.10. The lowest BCUT2D eigenvalue weighted by molar-refractivity contribution is -0.144. The summed E-state index contributed by atoms with van der Waals surface area (Å²) in [5.74, 6) is 5.47. The molecule has 4 fully saturated rings. The topological polar surface area (TPSA) is 464 Å². The molecule has 18 atom stereocenters. The number of esters is 1. The first-order chi connectivity index (χ1) is 58.7. The second-order valence-corrected chi connectivity index (χ2v) is 54.7. The van der Waals surface area contributed by atoms with Gasteiger partial charge in [0.05, 0.1) is 63.7 Å². The van der Waals surface area contributed by atoms with E-state index in [9.17, 15) is 45.0 Å². The minimum absolute atomic E-state index is 0. The van der Waals surface area contributed by atoms with Gasteiger partial charge in [-0.15, -0.1) is 58.7 Å². The van der Waals surface area contributed by atoms with Crippen LogP contribution in [0.2, 0.25) is 0 Å². The summed E-state index contributed by atoms with van der Waals surface area (Å²) in [5, 5.41) is 81.6. The van der Waals surface area contributed by atoms with Crippen LogP contribution in [0.4, 0.5) is 16.4 Å². The third kappa shape index (κ3) is 30.3. The first-order valence-corrected chi connectivity index (χ1v) is 56.0. The van der Waals surface area contributed by atoms with Crippen molar-refractivity contribution < 1.29 is 83.7 Å². The number of nitrogens with two attached hydrogens (primary N) is 4. The second kappa shape index (κ2) is 47.7. The molecule has 4 aromatic rings. The fraction of sp³-hybridized carbons (Fsp3) is 0.562. The number of carboxylic acids is 1. The van der Waals surface area contributed by atoms with Crippen LogP contribution in [-0.2, 0) is 38.0 Å². The number of ether oxygens (including phenoxy) is 6. The van der Waals surface area contributed by atoms with E-state index in [1.807, 2.05) is 36.4 Å². The van der Waals surface area contributed by atoms with Gasteiger partial charge in [0.1, 0.15) is 66.0 Å². The Balaban J connectivity index is 0.000000241. The average molecular weight is 1960 g/mol. The van der Waals surface area contributed by atoms with Crippen molar-refractivity contribution in [3.05, 3.63) is 144 Å². The van der Waals surface area contributed by atoms with E-state index < -0.39 is 125 Å². The molecular formula is C89H136Br2N14O17P4.